The van der Waals surface area contributed by atoms with Crippen molar-refractivity contribution < 1.29 is 50.7 Å². The molecule has 3 aromatic rings. The summed E-state index contributed by atoms with van der Waals surface area (Å²) < 4.78 is 60.5. The monoisotopic (exact) mass is 649 g/mol. The summed E-state index contributed by atoms with van der Waals surface area (Å²) in [4.78, 5) is 40.1. The van der Waals surface area contributed by atoms with E-state index >= 15 is 0 Å². The van der Waals surface area contributed by atoms with Crippen LogP contribution in [-0.4, -0.2) is 62.2 Å². The number of ether oxygens (including phenoxy) is 1. The second kappa shape index (κ2) is 14.0. The Bertz CT molecular complexity index is 1750. The van der Waals surface area contributed by atoms with Crippen molar-refractivity contribution in [2.24, 2.45) is 21.2 Å². The molecule has 0 radical (unpaired) electrons. The van der Waals surface area contributed by atoms with E-state index in [1.54, 1.807) is 66.7 Å². The Hall–Kier alpha value is -5.29. The number of hydrogen-bond donors (Lipinski definition) is 4. The Morgan fingerprint density at radius 2 is 1.73 bits per heavy atom. The lowest BCUT2D eigenvalue weighted by Gasteiger charge is -2.24. The van der Waals surface area contributed by atoms with E-state index in [2.05, 4.69) is 15.6 Å². The normalized spacial score (nSPS) is 16.2. The van der Waals surface area contributed by atoms with Gasteiger partial charge >= 0.3 is 18.1 Å². The van der Waals surface area contributed by atoms with Crippen molar-refractivity contribution in [3.05, 3.63) is 83.9 Å². The van der Waals surface area contributed by atoms with E-state index in [9.17, 15) is 31.2 Å². The van der Waals surface area contributed by atoms with Gasteiger partial charge in [0.1, 0.15) is 0 Å². The molecule has 0 bridgehead atoms. The number of carbonyl (C=O) groups is 3. The lowest BCUT2D eigenvalue weighted by molar-refractivity contribution is -0.192. The number of amides is 1. The number of rotatable bonds is 8. The molecule has 0 aromatic heterocycles. The number of esters is 1. The van der Waals surface area contributed by atoms with Gasteiger partial charge in [0.05, 0.1) is 30.4 Å². The van der Waals surface area contributed by atoms with Crippen molar-refractivity contribution in [2.45, 2.75) is 29.5 Å². The van der Waals surface area contributed by atoms with Crippen molar-refractivity contribution in [1.82, 2.24) is 0 Å². The van der Waals surface area contributed by atoms with E-state index in [1.807, 2.05) is 0 Å². The van der Waals surface area contributed by atoms with Crippen LogP contribution < -0.4 is 16.3 Å². The highest BCUT2D eigenvalue weighted by Gasteiger charge is 2.49. The molecule has 1 amide bonds. The number of nitrogens with two attached hydrogens (primary N) is 2. The van der Waals surface area contributed by atoms with Crippen LogP contribution >= 0.6 is 0 Å². The standard InChI is InChI=1S/C26H25N5O6S.C2HF3O2/c1-36-24(32)15-26(14-22(31-37-26)19-6-4-5-17(13-19)16-29-27)25(33)30-20-11-9-18(10-12-20)21-7-2-3-8-23(21)38(28,34)35;3-2(4,5)1(6)7/h2-13,16H,14-15,27H2,1H3,(H,30,33)(H2,28,34,35);(H,6,7). The molecular formula is C28H26F3N5O8S. The number of methoxy groups -OCH3 is 1. The van der Waals surface area contributed by atoms with Gasteiger partial charge in [0, 0.05) is 23.2 Å². The number of carbonyl (C=O) groups excluding carboxylic acids is 2. The van der Waals surface area contributed by atoms with Crippen molar-refractivity contribution in [3.63, 3.8) is 0 Å². The molecule has 0 saturated carbocycles. The SMILES string of the molecule is COC(=O)CC1(C(=O)Nc2ccc(-c3ccccc3S(N)(=O)=O)cc2)CC(c2cccc(C=NN)c2)=NO1.O=C(O)C(F)(F)F. The van der Waals surface area contributed by atoms with Crippen LogP contribution in [0.25, 0.3) is 11.1 Å². The van der Waals surface area contributed by atoms with Gasteiger partial charge in [-0.05, 0) is 35.4 Å². The average molecular weight is 650 g/mol. The van der Waals surface area contributed by atoms with Crippen molar-refractivity contribution in [3.8, 4) is 11.1 Å². The number of carboxylic acids is 1. The van der Waals surface area contributed by atoms with Crippen LogP contribution in [-0.2, 0) is 34.0 Å². The third-order valence-corrected chi connectivity index (χ3v) is 7.16. The van der Waals surface area contributed by atoms with Crippen molar-refractivity contribution in [1.29, 1.82) is 0 Å². The summed E-state index contributed by atoms with van der Waals surface area (Å²) in [6.45, 7) is 0. The van der Waals surface area contributed by atoms with Crippen molar-refractivity contribution >= 4 is 45.5 Å². The molecule has 6 N–H and O–H groups in total. The van der Waals surface area contributed by atoms with Crippen LogP contribution in [0.4, 0.5) is 18.9 Å². The number of oxime groups is 1. The minimum absolute atomic E-state index is 0.0109. The Morgan fingerprint density at radius 1 is 1.09 bits per heavy atom. The molecule has 45 heavy (non-hydrogen) atoms. The van der Waals surface area contributed by atoms with Gasteiger partial charge in [-0.2, -0.15) is 18.3 Å². The van der Waals surface area contributed by atoms with Crippen LogP contribution in [0.5, 0.6) is 0 Å². The number of nitrogens with zero attached hydrogens (tertiary/aromatic N) is 2. The summed E-state index contributed by atoms with van der Waals surface area (Å²) >= 11 is 0. The number of hydrogen-bond acceptors (Lipinski definition) is 10. The maximum atomic E-state index is 13.4. The largest absolute Gasteiger partial charge is 0.490 e. The van der Waals surface area contributed by atoms with Crippen LogP contribution in [0.1, 0.15) is 24.0 Å². The van der Waals surface area contributed by atoms with E-state index in [1.165, 1.54) is 19.4 Å². The Balaban J connectivity index is 0.000000707. The highest BCUT2D eigenvalue weighted by atomic mass is 32.2. The third kappa shape index (κ3) is 8.87. The summed E-state index contributed by atoms with van der Waals surface area (Å²) in [7, 11) is -2.71. The number of carboxylic acid groups (broad SMARTS) is 1. The number of nitrogens with one attached hydrogen (secondary N) is 1. The predicted octanol–water partition coefficient (Wildman–Crippen LogP) is 2.99. The molecule has 3 aromatic carbocycles. The van der Waals surface area contributed by atoms with Crippen LogP contribution in [0.15, 0.2) is 87.9 Å². The quantitative estimate of drug-likeness (QED) is 0.122. The molecular weight excluding hydrogens is 623 g/mol. The number of hydrazone groups is 1. The number of alkyl halides is 3. The summed E-state index contributed by atoms with van der Waals surface area (Å²) in [5.74, 6) is 1.24. The number of benzene rings is 3. The van der Waals surface area contributed by atoms with E-state index in [-0.39, 0.29) is 17.7 Å². The fraction of sp³-hybridized carbons (Fsp3) is 0.179. The molecule has 0 aliphatic carbocycles. The number of aliphatic carboxylic acids is 1. The maximum Gasteiger partial charge on any atom is 0.490 e. The zero-order chi connectivity index (χ0) is 33.4. The Morgan fingerprint density at radius 3 is 2.31 bits per heavy atom. The van der Waals surface area contributed by atoms with Gasteiger partial charge in [-0.15, -0.1) is 0 Å². The molecule has 1 aliphatic heterocycles. The minimum Gasteiger partial charge on any atom is -0.475 e. The molecule has 17 heteroatoms. The van der Waals surface area contributed by atoms with Gasteiger partial charge in [-0.25, -0.2) is 18.4 Å². The van der Waals surface area contributed by atoms with E-state index in [0.717, 1.165) is 5.56 Å². The molecule has 1 aliphatic rings. The topological polar surface area (TPSA) is 213 Å². The number of primary sulfonamides is 1. The maximum absolute atomic E-state index is 13.4. The molecule has 1 unspecified atom stereocenters. The van der Waals surface area contributed by atoms with E-state index in [0.29, 0.717) is 28.1 Å². The molecule has 4 rings (SSSR count). The zero-order valence-electron chi connectivity index (χ0n) is 23.3. The van der Waals surface area contributed by atoms with Gasteiger partial charge in [0.15, 0.2) is 0 Å². The predicted molar refractivity (Wildman–Crippen MR) is 155 cm³/mol. The third-order valence-electron chi connectivity index (χ3n) is 6.19. The van der Waals surface area contributed by atoms with Crippen LogP contribution in [0.2, 0.25) is 0 Å². The summed E-state index contributed by atoms with van der Waals surface area (Å²) in [6, 6.07) is 20.0. The average Bonchev–Trinajstić information content (AvgIpc) is 3.42. The second-order valence-corrected chi connectivity index (χ2v) is 10.9. The Kier molecular flexibility index (Phi) is 10.6. The van der Waals surface area contributed by atoms with Gasteiger partial charge in [-0.3, -0.25) is 9.59 Å². The van der Waals surface area contributed by atoms with Crippen LogP contribution in [0.3, 0.4) is 0 Å². The number of halogens is 3. The summed E-state index contributed by atoms with van der Waals surface area (Å²) in [5, 5.41) is 22.8. The molecule has 0 fully saturated rings. The summed E-state index contributed by atoms with van der Waals surface area (Å²) in [5.41, 5.74) is 1.64. The molecule has 0 saturated heterocycles. The highest BCUT2D eigenvalue weighted by molar-refractivity contribution is 7.89. The summed E-state index contributed by atoms with van der Waals surface area (Å²) in [6.07, 6.45) is -3.97. The number of sulfonamides is 1. The zero-order valence-corrected chi connectivity index (χ0v) is 24.1. The lowest BCUT2D eigenvalue weighted by atomic mass is 9.89. The van der Waals surface area contributed by atoms with Crippen molar-refractivity contribution in [2.75, 3.05) is 12.4 Å². The number of anilines is 1. The molecule has 1 heterocycles. The Labute approximate surface area is 254 Å². The van der Waals surface area contributed by atoms with Crippen LogP contribution in [0, 0.1) is 0 Å². The fourth-order valence-electron chi connectivity index (χ4n) is 4.05. The molecule has 238 valence electrons. The van der Waals surface area contributed by atoms with Gasteiger partial charge in [0.2, 0.25) is 15.6 Å². The first-order valence-electron chi connectivity index (χ1n) is 12.6. The molecule has 13 nitrogen and oxygen atoms in total. The molecule has 1 atom stereocenters. The fourth-order valence-corrected chi connectivity index (χ4v) is 4.81. The highest BCUT2D eigenvalue weighted by Crippen LogP contribution is 2.33. The van der Waals surface area contributed by atoms with Gasteiger partial charge in [-0.1, -0.05) is 53.7 Å². The first-order chi connectivity index (χ1) is 21.1. The van der Waals surface area contributed by atoms with Gasteiger partial charge < -0.3 is 25.8 Å². The van der Waals surface area contributed by atoms with E-state index < -0.39 is 39.6 Å². The second-order valence-electron chi connectivity index (χ2n) is 9.33. The lowest BCUT2D eigenvalue weighted by Crippen LogP contribution is -2.45. The minimum atomic E-state index is -5.08. The first-order valence-corrected chi connectivity index (χ1v) is 14.1. The smallest absolute Gasteiger partial charge is 0.475 e. The first kappa shape index (κ1) is 34.2. The van der Waals surface area contributed by atoms with Gasteiger partial charge in [0.25, 0.3) is 5.91 Å². The van der Waals surface area contributed by atoms with E-state index in [4.69, 9.17) is 30.5 Å². The molecule has 0 spiro atoms.